The van der Waals surface area contributed by atoms with Gasteiger partial charge >= 0.3 is 0 Å². The smallest absolute Gasteiger partial charge is 0.294 e. The molecule has 4 nitrogen and oxygen atoms in total. The molecule has 0 radical (unpaired) electrons. The number of carbonyl (C=O) groups is 2. The normalized spacial score (nSPS) is 18.6. The third-order valence-electron chi connectivity index (χ3n) is 3.70. The van der Waals surface area contributed by atoms with Crippen LogP contribution in [-0.4, -0.2) is 22.8 Å². The number of carbonyl (C=O) groups excluding carboxylic acids is 2. The summed E-state index contributed by atoms with van der Waals surface area (Å²) in [6, 6.07) is 4.85. The summed E-state index contributed by atoms with van der Waals surface area (Å²) in [6.45, 7) is 5.21. The summed E-state index contributed by atoms with van der Waals surface area (Å²) in [5.74, 6) is -1.27. The number of hydrogen-bond acceptors (Lipinski definition) is 3. The van der Waals surface area contributed by atoms with Gasteiger partial charge < -0.3 is 5.11 Å². The van der Waals surface area contributed by atoms with Crippen LogP contribution in [0.25, 0.3) is 0 Å². The van der Waals surface area contributed by atoms with Gasteiger partial charge in [-0.2, -0.15) is 0 Å². The monoisotopic (exact) mass is 307 g/mol. The number of ketones is 1. The van der Waals surface area contributed by atoms with Gasteiger partial charge in [-0.1, -0.05) is 31.0 Å². The lowest BCUT2D eigenvalue weighted by Crippen LogP contribution is -2.36. The first-order valence-electron chi connectivity index (χ1n) is 6.92. The molecule has 1 aliphatic rings. The highest BCUT2D eigenvalue weighted by Crippen LogP contribution is 2.34. The predicted molar refractivity (Wildman–Crippen MR) is 82.7 cm³/mol. The topological polar surface area (TPSA) is 57.6 Å². The fourth-order valence-electron chi connectivity index (χ4n) is 2.63. The zero-order valence-corrected chi connectivity index (χ0v) is 13.1. The van der Waals surface area contributed by atoms with Gasteiger partial charge in [-0.3, -0.25) is 14.5 Å². The lowest BCUT2D eigenvalue weighted by molar-refractivity contribution is -0.117. The Morgan fingerprint density at radius 3 is 2.62 bits per heavy atom. The minimum atomic E-state index is -0.543. The first-order valence-corrected chi connectivity index (χ1v) is 7.30. The van der Waals surface area contributed by atoms with E-state index in [0.29, 0.717) is 17.1 Å². The largest absolute Gasteiger partial charge is 0.503 e. The van der Waals surface area contributed by atoms with E-state index in [0.717, 1.165) is 12.0 Å². The molecule has 1 heterocycles. The number of hydrogen-bond donors (Lipinski definition) is 1. The van der Waals surface area contributed by atoms with E-state index in [2.05, 4.69) is 0 Å². The number of aliphatic hydroxyl groups excluding tert-OH is 1. The van der Waals surface area contributed by atoms with Crippen LogP contribution in [0.15, 0.2) is 29.5 Å². The quantitative estimate of drug-likeness (QED) is 0.925. The van der Waals surface area contributed by atoms with Crippen LogP contribution in [0.4, 0.5) is 5.69 Å². The Morgan fingerprint density at radius 2 is 2.10 bits per heavy atom. The Hall–Kier alpha value is -1.81. The summed E-state index contributed by atoms with van der Waals surface area (Å²) < 4.78 is 0. The molecule has 1 amide bonds. The molecule has 0 saturated heterocycles. The Kier molecular flexibility index (Phi) is 4.37. The number of benzene rings is 1. The molecule has 1 aromatic rings. The second-order valence-corrected chi connectivity index (χ2v) is 5.64. The minimum Gasteiger partial charge on any atom is -0.503 e. The summed E-state index contributed by atoms with van der Waals surface area (Å²) in [7, 11) is 0. The molecule has 0 fully saturated rings. The highest BCUT2D eigenvalue weighted by molar-refractivity contribution is 6.31. The molecule has 0 saturated carbocycles. The van der Waals surface area contributed by atoms with Crippen molar-refractivity contribution < 1.29 is 14.7 Å². The molecule has 0 aromatic heterocycles. The molecule has 1 aliphatic heterocycles. The first-order chi connectivity index (χ1) is 9.88. The minimum absolute atomic E-state index is 0.193. The van der Waals surface area contributed by atoms with Crippen molar-refractivity contribution in [2.45, 2.75) is 39.7 Å². The van der Waals surface area contributed by atoms with Crippen molar-refractivity contribution in [2.24, 2.45) is 0 Å². The molecule has 112 valence electrons. The summed E-state index contributed by atoms with van der Waals surface area (Å²) in [4.78, 5) is 25.5. The lowest BCUT2D eigenvalue weighted by atomic mass is 10.00. The van der Waals surface area contributed by atoms with Crippen LogP contribution in [0.3, 0.4) is 0 Å². The van der Waals surface area contributed by atoms with E-state index in [1.165, 1.54) is 11.8 Å². The number of aliphatic hydroxyl groups is 1. The summed E-state index contributed by atoms with van der Waals surface area (Å²) in [5.41, 5.74) is 1.69. The van der Waals surface area contributed by atoms with Gasteiger partial charge in [0.25, 0.3) is 5.91 Å². The van der Waals surface area contributed by atoms with E-state index >= 15 is 0 Å². The Bertz CT molecular complexity index is 636. The number of Topliss-reactive ketones (excluding diaryl/α,β-unsaturated/α-hetero) is 1. The second kappa shape index (κ2) is 5.90. The molecule has 5 heteroatoms. The highest BCUT2D eigenvalue weighted by atomic mass is 35.5. The molecule has 0 bridgehead atoms. The molecule has 0 aliphatic carbocycles. The number of aryl methyl sites for hydroxylation is 1. The van der Waals surface area contributed by atoms with E-state index < -0.39 is 17.7 Å². The van der Waals surface area contributed by atoms with Crippen LogP contribution in [0.1, 0.15) is 32.3 Å². The zero-order chi connectivity index (χ0) is 15.7. The standard InChI is InChI=1S/C16H18ClNO3/c1-4-5-13-14(10(3)19)15(20)16(21)18(13)11-7-6-9(2)12(17)8-11/h6-8,13,20H,4-5H2,1-3H3. The van der Waals surface area contributed by atoms with Crippen LogP contribution >= 0.6 is 11.6 Å². The fourth-order valence-corrected chi connectivity index (χ4v) is 2.81. The summed E-state index contributed by atoms with van der Waals surface area (Å²) >= 11 is 6.12. The van der Waals surface area contributed by atoms with Crippen molar-refractivity contribution in [3.63, 3.8) is 0 Å². The lowest BCUT2D eigenvalue weighted by Gasteiger charge is -2.26. The Labute approximate surface area is 129 Å². The van der Waals surface area contributed by atoms with Crippen LogP contribution in [0, 0.1) is 6.92 Å². The van der Waals surface area contributed by atoms with Gasteiger partial charge in [0.05, 0.1) is 11.6 Å². The fraction of sp³-hybridized carbons (Fsp3) is 0.375. The molecule has 1 N–H and O–H groups in total. The molecule has 1 unspecified atom stereocenters. The van der Waals surface area contributed by atoms with E-state index in [1.807, 2.05) is 19.9 Å². The number of anilines is 1. The summed E-state index contributed by atoms with van der Waals surface area (Å²) in [5, 5.41) is 10.6. The van der Waals surface area contributed by atoms with Gasteiger partial charge in [-0.15, -0.1) is 0 Å². The average molecular weight is 308 g/mol. The van der Waals surface area contributed by atoms with Crippen LogP contribution in [0.5, 0.6) is 0 Å². The number of nitrogens with zero attached hydrogens (tertiary/aromatic N) is 1. The van der Waals surface area contributed by atoms with Crippen molar-refractivity contribution in [1.29, 1.82) is 0 Å². The van der Waals surface area contributed by atoms with Gasteiger partial charge in [0, 0.05) is 10.7 Å². The maximum atomic E-state index is 12.3. The molecule has 21 heavy (non-hydrogen) atoms. The maximum Gasteiger partial charge on any atom is 0.294 e. The van der Waals surface area contributed by atoms with Gasteiger partial charge in [-0.25, -0.2) is 0 Å². The third kappa shape index (κ3) is 2.68. The molecule has 1 atom stereocenters. The van der Waals surface area contributed by atoms with Crippen LogP contribution in [-0.2, 0) is 9.59 Å². The number of amides is 1. The van der Waals surface area contributed by atoms with Crippen molar-refractivity contribution in [3.8, 4) is 0 Å². The van der Waals surface area contributed by atoms with Gasteiger partial charge in [0.2, 0.25) is 0 Å². The van der Waals surface area contributed by atoms with Crippen molar-refractivity contribution in [2.75, 3.05) is 4.90 Å². The number of halogens is 1. The van der Waals surface area contributed by atoms with E-state index in [1.54, 1.807) is 12.1 Å². The van der Waals surface area contributed by atoms with E-state index in [-0.39, 0.29) is 11.4 Å². The van der Waals surface area contributed by atoms with Gasteiger partial charge in [-0.05, 0) is 38.0 Å². The molecule has 1 aromatic carbocycles. The van der Waals surface area contributed by atoms with Crippen molar-refractivity contribution in [3.05, 3.63) is 40.1 Å². The van der Waals surface area contributed by atoms with Gasteiger partial charge in [0.15, 0.2) is 11.5 Å². The predicted octanol–water partition coefficient (Wildman–Crippen LogP) is 3.56. The Balaban J connectivity index is 2.50. The van der Waals surface area contributed by atoms with Crippen LogP contribution in [0.2, 0.25) is 5.02 Å². The highest BCUT2D eigenvalue weighted by Gasteiger charge is 2.41. The molecule has 2 rings (SSSR count). The second-order valence-electron chi connectivity index (χ2n) is 5.23. The number of rotatable bonds is 4. The molecular weight excluding hydrogens is 290 g/mol. The van der Waals surface area contributed by atoms with Crippen LogP contribution < -0.4 is 4.90 Å². The zero-order valence-electron chi connectivity index (χ0n) is 12.3. The molecule has 0 spiro atoms. The van der Waals surface area contributed by atoms with E-state index in [9.17, 15) is 14.7 Å². The summed E-state index contributed by atoms with van der Waals surface area (Å²) in [6.07, 6.45) is 1.40. The van der Waals surface area contributed by atoms with Crippen molar-refractivity contribution in [1.82, 2.24) is 0 Å². The SMILES string of the molecule is CCCC1C(C(C)=O)=C(O)C(=O)N1c1ccc(C)c(Cl)c1. The van der Waals surface area contributed by atoms with Gasteiger partial charge in [0.1, 0.15) is 0 Å². The maximum absolute atomic E-state index is 12.3. The molecular formula is C16H18ClNO3. The first kappa shape index (κ1) is 15.6. The third-order valence-corrected chi connectivity index (χ3v) is 4.10. The van der Waals surface area contributed by atoms with Crippen molar-refractivity contribution >= 4 is 29.0 Å². The van der Waals surface area contributed by atoms with E-state index in [4.69, 9.17) is 11.6 Å². The Morgan fingerprint density at radius 1 is 1.43 bits per heavy atom. The average Bonchev–Trinajstić information content (AvgIpc) is 2.66.